The fraction of sp³-hybridized carbons (Fsp3) is 0.446. The van der Waals surface area contributed by atoms with Crippen LogP contribution >= 0.6 is 15.9 Å². The van der Waals surface area contributed by atoms with Crippen LogP contribution in [0, 0.1) is 100 Å². The van der Waals surface area contributed by atoms with E-state index in [-0.39, 0.29) is 0 Å². The molecule has 0 atom stereocenters. The molecule has 5 aromatic rings. The molecule has 5 aromatic carbocycles. The highest BCUT2D eigenvalue weighted by Crippen LogP contribution is 2.44. The number of rotatable bonds is 12. The van der Waals surface area contributed by atoms with Crippen molar-refractivity contribution in [1.29, 1.82) is 0 Å². The lowest BCUT2D eigenvalue weighted by atomic mass is 9.92. The van der Waals surface area contributed by atoms with Crippen molar-refractivity contribution in [2.75, 3.05) is 0 Å². The van der Waals surface area contributed by atoms with E-state index in [9.17, 15) is 0 Å². The van der Waals surface area contributed by atoms with E-state index in [1.807, 2.05) is 0 Å². The highest BCUT2D eigenvalue weighted by Gasteiger charge is 2.44. The summed E-state index contributed by atoms with van der Waals surface area (Å²) in [5, 5.41) is 0. The van der Waals surface area contributed by atoms with Gasteiger partial charge < -0.3 is 0 Å². The van der Waals surface area contributed by atoms with E-state index >= 15 is 0 Å². The van der Waals surface area contributed by atoms with E-state index in [1.165, 1.54) is 0 Å². The molecule has 0 unspecified atom stereocenters. The molecule has 0 aliphatic rings. The Balaban J connectivity index is 1.78. The standard InChI is InChI=1S/C83H103BrSi4/c1-58(2)85(59(3)4,60(5)6)54-50-75-34-26-71(27-35-75)42-46-79-70(25)80(47-43-72-28-36-76(37-29-72)51-55-86(61(7)8,62(9)10)63(11)12)82(49-45-74-32-40-78(41-33-74)53-57-88(67(19)20,68(21)22)69(23)24)83(84)81(79)48-44-73-30-38-77(39-31-73)52-56-87(64(13)14,65(15)16)66(17)18/h26-41,58-69H,1-25H3. The van der Waals surface area contributed by atoms with Gasteiger partial charge in [0, 0.05) is 55.6 Å². The summed E-state index contributed by atoms with van der Waals surface area (Å²) in [7, 11) is -7.63. The Morgan fingerprint density at radius 2 is 0.352 bits per heavy atom. The molecule has 0 saturated carbocycles. The van der Waals surface area contributed by atoms with Crippen molar-refractivity contribution in [3.05, 3.63) is 174 Å². The first kappa shape index (κ1) is 72.7. The Bertz CT molecular complexity index is 3180. The summed E-state index contributed by atoms with van der Waals surface area (Å²) < 4.78 is 0.754. The number of halogens is 1. The maximum Gasteiger partial charge on any atom is 0.146 e. The Morgan fingerprint density at radius 1 is 0.216 bits per heavy atom. The lowest BCUT2D eigenvalue weighted by Crippen LogP contribution is -2.43. The molecule has 0 amide bonds. The van der Waals surface area contributed by atoms with Crippen molar-refractivity contribution in [3.63, 3.8) is 0 Å². The molecule has 458 valence electrons. The van der Waals surface area contributed by atoms with Crippen LogP contribution < -0.4 is 0 Å². The van der Waals surface area contributed by atoms with E-state index in [4.69, 9.17) is 0 Å². The van der Waals surface area contributed by atoms with Gasteiger partial charge in [-0.25, -0.2) is 0 Å². The Labute approximate surface area is 550 Å². The van der Waals surface area contributed by atoms with Crippen molar-refractivity contribution in [2.24, 2.45) is 0 Å². The molecule has 0 aliphatic carbocycles. The minimum atomic E-state index is -1.91. The molecule has 0 aliphatic heterocycles. The zero-order valence-corrected chi connectivity index (χ0v) is 64.1. The van der Waals surface area contributed by atoms with Crippen LogP contribution in [0.3, 0.4) is 0 Å². The van der Waals surface area contributed by atoms with Gasteiger partial charge in [0.2, 0.25) is 0 Å². The zero-order valence-electron chi connectivity index (χ0n) is 58.5. The third kappa shape index (κ3) is 16.5. The highest BCUT2D eigenvalue weighted by atomic mass is 79.9. The minimum absolute atomic E-state index is 0.556. The first-order valence-corrected chi connectivity index (χ1v) is 42.5. The molecule has 0 N–H and O–H groups in total. The van der Waals surface area contributed by atoms with E-state index in [0.717, 1.165) is 76.8 Å². The maximum absolute atomic E-state index is 4.14. The first-order valence-electron chi connectivity index (χ1n) is 32.8. The van der Waals surface area contributed by atoms with Crippen LogP contribution in [-0.4, -0.2) is 32.3 Å². The van der Waals surface area contributed by atoms with E-state index in [2.05, 4.69) is 379 Å². The van der Waals surface area contributed by atoms with Crippen LogP contribution in [0.2, 0.25) is 66.5 Å². The van der Waals surface area contributed by atoms with E-state index in [0.29, 0.717) is 66.5 Å². The largest absolute Gasteiger partial charge is 0.146 e. The second-order valence-electron chi connectivity index (χ2n) is 28.3. The third-order valence-corrected chi connectivity index (χ3v) is 45.7. The average Bonchev–Trinajstić information content (AvgIpc) is 1.82. The van der Waals surface area contributed by atoms with Crippen LogP contribution in [0.25, 0.3) is 0 Å². The normalized spacial score (nSPS) is 11.8. The van der Waals surface area contributed by atoms with Crippen molar-refractivity contribution >= 4 is 48.2 Å². The summed E-state index contributed by atoms with van der Waals surface area (Å²) in [5.41, 5.74) is 33.9. The summed E-state index contributed by atoms with van der Waals surface area (Å²) in [5.74, 6) is 43.3. The average molecular weight is 1290 g/mol. The predicted octanol–water partition coefficient (Wildman–Crippen LogP) is 22.6. The number of hydrogen-bond donors (Lipinski definition) is 0. The number of hydrogen-bond acceptors (Lipinski definition) is 0. The summed E-state index contributed by atoms with van der Waals surface area (Å²) in [4.78, 5) is 0. The smallest absolute Gasteiger partial charge is 0.125 e. The van der Waals surface area contributed by atoms with Gasteiger partial charge in [-0.1, -0.05) is 237 Å². The van der Waals surface area contributed by atoms with Gasteiger partial charge >= 0.3 is 0 Å². The topological polar surface area (TPSA) is 0 Å². The molecule has 0 heterocycles. The molecular formula is C83H103BrSi4. The SMILES string of the molecule is Cc1c(C#Cc2ccc(C#C[Si](C(C)C)(C(C)C)C(C)C)cc2)c(C#Cc2ccc(C#C[Si](C(C)C)(C(C)C)C(C)C)cc2)c(Br)c(C#Cc2ccc(C#C[Si](C(C)C)(C(C)C)C(C)C)cc2)c1C#Cc1ccc(C#C[Si](C(C)C)(C(C)C)C(C)C)cc1. The van der Waals surface area contributed by atoms with Crippen LogP contribution in [0.1, 0.15) is 238 Å². The van der Waals surface area contributed by atoms with Crippen molar-refractivity contribution in [3.8, 4) is 93.2 Å². The van der Waals surface area contributed by atoms with Crippen molar-refractivity contribution < 1.29 is 0 Å². The van der Waals surface area contributed by atoms with Gasteiger partial charge in [-0.3, -0.25) is 0 Å². The zero-order chi connectivity index (χ0) is 65.6. The van der Waals surface area contributed by atoms with E-state index in [1.54, 1.807) is 0 Å². The van der Waals surface area contributed by atoms with Crippen LogP contribution in [-0.2, 0) is 0 Å². The quantitative estimate of drug-likeness (QED) is 0.0863. The second kappa shape index (κ2) is 31.6. The van der Waals surface area contributed by atoms with Gasteiger partial charge in [-0.15, -0.1) is 22.2 Å². The molecule has 0 saturated heterocycles. The summed E-state index contributed by atoms with van der Waals surface area (Å²) >= 11 is 4.14. The molecule has 5 heteroatoms. The maximum atomic E-state index is 4.14. The van der Waals surface area contributed by atoms with Gasteiger partial charge in [-0.2, -0.15) is 0 Å². The van der Waals surface area contributed by atoms with Gasteiger partial charge in [0.15, 0.2) is 0 Å². The molecule has 88 heavy (non-hydrogen) atoms. The van der Waals surface area contributed by atoms with Gasteiger partial charge in [-0.05, 0) is 192 Å². The molecule has 0 radical (unpaired) electrons. The van der Waals surface area contributed by atoms with Crippen LogP contribution in [0.5, 0.6) is 0 Å². The molecule has 0 nitrogen and oxygen atoms in total. The lowest BCUT2D eigenvalue weighted by molar-refractivity contribution is 0.838. The molecule has 0 fully saturated rings. The third-order valence-electron chi connectivity index (χ3n) is 19.7. The molecule has 0 spiro atoms. The van der Waals surface area contributed by atoms with Gasteiger partial charge in [0.1, 0.15) is 32.3 Å². The Hall–Kier alpha value is -6.07. The first-order chi connectivity index (χ1) is 41.3. The molecular weight excluding hydrogens is 1190 g/mol. The molecule has 5 rings (SSSR count). The molecule has 0 bridgehead atoms. The van der Waals surface area contributed by atoms with Crippen molar-refractivity contribution in [1.82, 2.24) is 0 Å². The summed E-state index contributed by atoms with van der Waals surface area (Å²) in [6.07, 6.45) is 0. The predicted molar refractivity (Wildman–Crippen MR) is 400 cm³/mol. The highest BCUT2D eigenvalue weighted by molar-refractivity contribution is 9.10. The molecule has 0 aromatic heterocycles. The number of benzene rings is 5. The van der Waals surface area contributed by atoms with Crippen LogP contribution in [0.4, 0.5) is 0 Å². The minimum Gasteiger partial charge on any atom is -0.125 e. The lowest BCUT2D eigenvalue weighted by Gasteiger charge is -2.38. The van der Waals surface area contributed by atoms with Crippen LogP contribution in [0.15, 0.2) is 102 Å². The fourth-order valence-electron chi connectivity index (χ4n) is 14.9. The Morgan fingerprint density at radius 3 is 0.500 bits per heavy atom. The van der Waals surface area contributed by atoms with Crippen molar-refractivity contribution in [2.45, 2.75) is 240 Å². The summed E-state index contributed by atoms with van der Waals surface area (Å²) in [6.45, 7) is 58.8. The van der Waals surface area contributed by atoms with Gasteiger partial charge in [0.05, 0.1) is 15.6 Å². The van der Waals surface area contributed by atoms with E-state index < -0.39 is 32.3 Å². The summed E-state index contributed by atoms with van der Waals surface area (Å²) in [6, 6.07) is 33.7. The monoisotopic (exact) mass is 1290 g/mol. The van der Waals surface area contributed by atoms with Gasteiger partial charge in [0.25, 0.3) is 0 Å². The fourth-order valence-corrected chi connectivity index (χ4v) is 36.4. The second-order valence-corrected chi connectivity index (χ2v) is 51.5. The Kier molecular flexibility index (Phi) is 26.1.